The van der Waals surface area contributed by atoms with E-state index in [9.17, 15) is 20.1 Å². The fourth-order valence-corrected chi connectivity index (χ4v) is 10.7. The van der Waals surface area contributed by atoms with Crippen LogP contribution in [0.25, 0.3) is 10.9 Å². The monoisotopic (exact) mass is 603 g/mol. The second kappa shape index (κ2) is 10.8. The second-order valence-corrected chi connectivity index (χ2v) is 15.0. The Kier molecular flexibility index (Phi) is 7.74. The molecule has 4 aliphatic rings. The number of nitrogens with one attached hydrogen (secondary N) is 1. The van der Waals surface area contributed by atoms with Crippen LogP contribution in [0.15, 0.2) is 22.4 Å². The molecule has 0 bridgehead atoms. The summed E-state index contributed by atoms with van der Waals surface area (Å²) in [6, 6.07) is 3.20. The number of aromatic nitrogens is 1. The molecule has 4 N–H and O–H groups in total. The number of amides is 1. The highest BCUT2D eigenvalue weighted by atomic mass is 35.5. The molecule has 4 fully saturated rings. The predicted octanol–water partition coefficient (Wildman–Crippen LogP) is 8.20. The summed E-state index contributed by atoms with van der Waals surface area (Å²) in [5, 5.41) is 41.4. The van der Waals surface area contributed by atoms with Crippen LogP contribution in [0.5, 0.6) is 5.88 Å². The molecule has 9 heteroatoms. The molecule has 41 heavy (non-hydrogen) atoms. The molecule has 0 spiro atoms. The molecule has 2 aromatic rings. The number of halogens is 2. The molecule has 4 aliphatic carbocycles. The van der Waals surface area contributed by atoms with E-state index in [-0.39, 0.29) is 40.5 Å². The van der Waals surface area contributed by atoms with E-state index >= 15 is 0 Å². The van der Waals surface area contributed by atoms with Crippen LogP contribution in [-0.4, -0.2) is 38.4 Å². The van der Waals surface area contributed by atoms with Crippen LogP contribution < -0.4 is 0 Å². The molecule has 224 valence electrons. The van der Waals surface area contributed by atoms with E-state index in [1.54, 1.807) is 12.1 Å². The van der Waals surface area contributed by atoms with Crippen molar-refractivity contribution in [3.05, 3.63) is 22.2 Å². The van der Waals surface area contributed by atoms with E-state index < -0.39 is 0 Å². The number of benzene rings is 1. The molecule has 1 aromatic heterocycles. The maximum absolute atomic E-state index is 12.8. The number of nitrogens with zero attached hydrogens (tertiary/aromatic N) is 2. The van der Waals surface area contributed by atoms with E-state index in [2.05, 4.69) is 36.0 Å². The zero-order valence-electron chi connectivity index (χ0n) is 24.2. The Labute approximate surface area is 252 Å². The Bertz CT molecular complexity index is 1360. The number of carbonyl (C=O) groups is 1. The molecule has 1 heterocycles. The molecule has 4 saturated carbocycles. The summed E-state index contributed by atoms with van der Waals surface area (Å²) in [5.74, 6) is 2.13. The third-order valence-corrected chi connectivity index (χ3v) is 12.8. The molecule has 0 radical (unpaired) electrons. The highest BCUT2D eigenvalue weighted by Gasteiger charge is 2.62. The van der Waals surface area contributed by atoms with Crippen LogP contribution in [0.1, 0.15) is 85.0 Å². The third-order valence-electron chi connectivity index (χ3n) is 12.3. The van der Waals surface area contributed by atoms with Gasteiger partial charge >= 0.3 is 0 Å². The van der Waals surface area contributed by atoms with Crippen LogP contribution in [-0.2, 0) is 4.79 Å². The standard InChI is InChI=1S/C32H43Cl2N3O4/c1-16(4-7-26(40)36-37-29-20-14-18(33)15-24(34)28(20)35-30(29)41)21-5-6-22-27-23(9-11-32(21,22)3)31(2)10-8-19(38)12-17(31)13-25(27)39/h14-17,19,21-23,25,27,35,38-39,41H,4-13H2,1-3H3/t16-,17-,19+,21-,22+,23+,25-,27+,31+,32-/m1/s1. The minimum atomic E-state index is -0.316. The van der Waals surface area contributed by atoms with Gasteiger partial charge < -0.3 is 20.3 Å². The summed E-state index contributed by atoms with van der Waals surface area (Å²) >= 11 is 12.3. The largest absolute Gasteiger partial charge is 0.493 e. The number of H-pyrrole nitrogens is 1. The molecule has 0 unspecified atom stereocenters. The molecular formula is C32H43Cl2N3O4. The van der Waals surface area contributed by atoms with Crippen LogP contribution in [0, 0.1) is 46.3 Å². The molecule has 10 atom stereocenters. The van der Waals surface area contributed by atoms with Crippen molar-refractivity contribution in [2.75, 3.05) is 0 Å². The Hall–Kier alpha value is -1.67. The average molecular weight is 605 g/mol. The van der Waals surface area contributed by atoms with E-state index in [0.717, 1.165) is 51.4 Å². The molecule has 0 saturated heterocycles. The Morgan fingerprint density at radius 1 is 1.07 bits per heavy atom. The lowest BCUT2D eigenvalue weighted by atomic mass is 9.43. The first kappa shape index (κ1) is 29.4. The minimum absolute atomic E-state index is 0.156. The summed E-state index contributed by atoms with van der Waals surface area (Å²) in [6.07, 6.45) is 8.76. The first-order chi connectivity index (χ1) is 19.4. The number of aromatic hydroxyl groups is 1. The maximum Gasteiger partial charge on any atom is 0.264 e. The fraction of sp³-hybridized carbons (Fsp3) is 0.719. The maximum atomic E-state index is 12.8. The summed E-state index contributed by atoms with van der Waals surface area (Å²) in [7, 11) is 0. The van der Waals surface area contributed by atoms with E-state index in [1.807, 2.05) is 0 Å². The van der Waals surface area contributed by atoms with Gasteiger partial charge in [0.25, 0.3) is 5.91 Å². The van der Waals surface area contributed by atoms with Gasteiger partial charge in [-0.05, 0) is 116 Å². The van der Waals surface area contributed by atoms with Crippen molar-refractivity contribution < 1.29 is 20.1 Å². The van der Waals surface area contributed by atoms with Gasteiger partial charge in [-0.2, -0.15) is 0 Å². The molecule has 0 aliphatic heterocycles. The summed E-state index contributed by atoms with van der Waals surface area (Å²) in [6.45, 7) is 7.16. The second-order valence-electron chi connectivity index (χ2n) is 14.2. The normalized spacial score (nSPS) is 39.4. The number of fused-ring (bicyclic) bond motifs is 6. The number of aliphatic hydroxyl groups is 2. The number of aromatic amines is 1. The number of hydrogen-bond donors (Lipinski definition) is 4. The number of hydrogen-bond acceptors (Lipinski definition) is 5. The first-order valence-corrected chi connectivity index (χ1v) is 16.2. The predicted molar refractivity (Wildman–Crippen MR) is 161 cm³/mol. The highest BCUT2D eigenvalue weighted by Crippen LogP contribution is 2.68. The van der Waals surface area contributed by atoms with Crippen molar-refractivity contribution in [2.24, 2.45) is 56.6 Å². The minimum Gasteiger partial charge on any atom is -0.493 e. The van der Waals surface area contributed by atoms with Crippen molar-refractivity contribution in [3.63, 3.8) is 0 Å². The van der Waals surface area contributed by atoms with Gasteiger partial charge in [-0.15, -0.1) is 10.2 Å². The molecule has 1 aromatic carbocycles. The quantitative estimate of drug-likeness (QED) is 0.257. The molecular weight excluding hydrogens is 561 g/mol. The lowest BCUT2D eigenvalue weighted by Gasteiger charge is -2.62. The van der Waals surface area contributed by atoms with Crippen molar-refractivity contribution in [1.29, 1.82) is 0 Å². The Balaban J connectivity index is 1.11. The highest BCUT2D eigenvalue weighted by molar-refractivity contribution is 6.38. The van der Waals surface area contributed by atoms with Gasteiger partial charge in [0.15, 0.2) is 5.69 Å². The van der Waals surface area contributed by atoms with E-state index in [1.165, 1.54) is 6.42 Å². The van der Waals surface area contributed by atoms with Gasteiger partial charge in [-0.1, -0.05) is 44.0 Å². The Morgan fingerprint density at radius 2 is 1.80 bits per heavy atom. The van der Waals surface area contributed by atoms with E-state index in [4.69, 9.17) is 23.2 Å². The van der Waals surface area contributed by atoms with Crippen LogP contribution in [0.3, 0.4) is 0 Å². The summed E-state index contributed by atoms with van der Waals surface area (Å²) in [5.41, 5.74) is 1.04. The number of azo groups is 1. The van der Waals surface area contributed by atoms with Gasteiger partial charge in [0.1, 0.15) is 0 Å². The fourth-order valence-electron chi connectivity index (χ4n) is 10.2. The van der Waals surface area contributed by atoms with Gasteiger partial charge in [0.05, 0.1) is 22.7 Å². The van der Waals surface area contributed by atoms with Crippen molar-refractivity contribution >= 4 is 45.7 Å². The zero-order valence-corrected chi connectivity index (χ0v) is 25.8. The van der Waals surface area contributed by atoms with Crippen LogP contribution in [0.2, 0.25) is 10.0 Å². The zero-order chi connectivity index (χ0) is 29.3. The number of aliphatic hydroxyl groups excluding tert-OH is 2. The van der Waals surface area contributed by atoms with Gasteiger partial charge in [-0.25, -0.2) is 0 Å². The Morgan fingerprint density at radius 3 is 2.59 bits per heavy atom. The molecule has 7 nitrogen and oxygen atoms in total. The van der Waals surface area contributed by atoms with Gasteiger partial charge in [0, 0.05) is 16.8 Å². The first-order valence-electron chi connectivity index (χ1n) is 15.4. The smallest absolute Gasteiger partial charge is 0.264 e. The van der Waals surface area contributed by atoms with Crippen LogP contribution in [0.4, 0.5) is 5.69 Å². The topological polar surface area (TPSA) is 118 Å². The lowest BCUT2D eigenvalue weighted by Crippen LogP contribution is -2.58. The average Bonchev–Trinajstić information content (AvgIpc) is 3.43. The SMILES string of the molecule is C[C@H](CCC(=O)N=Nc1c(O)[nH]c2c(Cl)cc(Cl)cc12)[C@H]1CC[C@H]2[C@@H]3[C@H](O)C[C@H]4C[C@@H](O)CC[C@]4(C)[C@H]3CC[C@]12C. The summed E-state index contributed by atoms with van der Waals surface area (Å²) < 4.78 is 0. The van der Waals surface area contributed by atoms with Crippen molar-refractivity contribution in [1.82, 2.24) is 4.98 Å². The summed E-state index contributed by atoms with van der Waals surface area (Å²) in [4.78, 5) is 15.5. The van der Waals surface area contributed by atoms with Gasteiger partial charge in [0.2, 0.25) is 5.88 Å². The number of rotatable bonds is 5. The molecule has 1 amide bonds. The van der Waals surface area contributed by atoms with E-state index in [0.29, 0.717) is 62.9 Å². The van der Waals surface area contributed by atoms with Crippen molar-refractivity contribution in [2.45, 2.75) is 97.2 Å². The van der Waals surface area contributed by atoms with Crippen molar-refractivity contribution in [3.8, 4) is 5.88 Å². The van der Waals surface area contributed by atoms with Crippen LogP contribution >= 0.6 is 23.2 Å². The molecule has 6 rings (SSSR count). The number of carbonyl (C=O) groups excluding carboxylic acids is 1. The lowest BCUT2D eigenvalue weighted by molar-refractivity contribution is -0.174. The van der Waals surface area contributed by atoms with Gasteiger partial charge in [-0.3, -0.25) is 4.79 Å². The third kappa shape index (κ3) is 4.93.